The lowest BCUT2D eigenvalue weighted by Crippen LogP contribution is -2.51. The second-order valence-corrected chi connectivity index (χ2v) is 6.67. The quantitative estimate of drug-likeness (QED) is 0.365. The van der Waals surface area contributed by atoms with Crippen LogP contribution >= 0.6 is 0 Å². The minimum atomic E-state index is 0.0861. The standard InChI is InChI=1S/C18H19N9/c19-7-13-8-24-16(10-23-13)26-12-4-3-11(6-12)17(21)27-14-2-1-5-22-18(14)25-9-15(27)20/h1-2,8-12,20-22H,3-6H2,(H,24,26)/p+1/t11-,12+/m1/s1. The molecule has 1 aliphatic carbocycles. The van der Waals surface area contributed by atoms with Crippen LogP contribution < -0.4 is 20.9 Å². The predicted molar refractivity (Wildman–Crippen MR) is 101 cm³/mol. The van der Waals surface area contributed by atoms with Crippen molar-refractivity contribution in [2.24, 2.45) is 5.92 Å². The molecule has 2 aliphatic rings. The molecule has 0 amide bonds. The van der Waals surface area contributed by atoms with Crippen molar-refractivity contribution in [3.05, 3.63) is 36.1 Å². The molecule has 1 fully saturated rings. The van der Waals surface area contributed by atoms with Crippen LogP contribution in [0.25, 0.3) is 6.08 Å². The Morgan fingerprint density at radius 3 is 2.96 bits per heavy atom. The van der Waals surface area contributed by atoms with Crippen molar-refractivity contribution in [2.75, 3.05) is 22.9 Å². The van der Waals surface area contributed by atoms with E-state index in [1.807, 2.05) is 18.2 Å². The highest BCUT2D eigenvalue weighted by atomic mass is 15.2. The van der Waals surface area contributed by atoms with Gasteiger partial charge in [-0.05, 0) is 25.3 Å². The Bertz CT molecular complexity index is 943. The van der Waals surface area contributed by atoms with Gasteiger partial charge in [-0.2, -0.15) is 15.2 Å². The number of rotatable bonds is 3. The fraction of sp³-hybridized carbons (Fsp3) is 0.333. The molecule has 0 unspecified atom stereocenters. The first kappa shape index (κ1) is 16.9. The fourth-order valence-electron chi connectivity index (χ4n) is 3.60. The van der Waals surface area contributed by atoms with Gasteiger partial charge < -0.3 is 16.4 Å². The predicted octanol–water partition coefficient (Wildman–Crippen LogP) is 1.16. The highest BCUT2D eigenvalue weighted by Crippen LogP contribution is 2.29. The number of hydrogen-bond donors (Lipinski definition) is 4. The summed E-state index contributed by atoms with van der Waals surface area (Å²) in [4.78, 5) is 12.6. The Labute approximate surface area is 156 Å². The van der Waals surface area contributed by atoms with Crippen LogP contribution in [0.5, 0.6) is 0 Å². The summed E-state index contributed by atoms with van der Waals surface area (Å²) in [6.07, 6.45) is 11.2. The molecule has 0 bridgehead atoms. The number of nitriles is 1. The Morgan fingerprint density at radius 1 is 1.30 bits per heavy atom. The van der Waals surface area contributed by atoms with E-state index in [4.69, 9.17) is 16.4 Å². The zero-order valence-electron chi connectivity index (χ0n) is 14.7. The van der Waals surface area contributed by atoms with Crippen LogP contribution in [0.3, 0.4) is 0 Å². The minimum Gasteiger partial charge on any atom is -0.366 e. The summed E-state index contributed by atoms with van der Waals surface area (Å²) in [5.41, 5.74) is 7.25. The summed E-state index contributed by atoms with van der Waals surface area (Å²) in [6, 6.07) is 2.16. The lowest BCUT2D eigenvalue weighted by molar-refractivity contribution is -0.547. The number of fused-ring (bicyclic) bond motifs is 1. The lowest BCUT2D eigenvalue weighted by atomic mass is 10.1. The first-order chi connectivity index (χ1) is 13.2. The maximum atomic E-state index is 8.80. The molecule has 0 saturated heterocycles. The van der Waals surface area contributed by atoms with Crippen LogP contribution in [0, 0.1) is 22.7 Å². The van der Waals surface area contributed by atoms with E-state index < -0.39 is 0 Å². The lowest BCUT2D eigenvalue weighted by Gasteiger charge is -2.18. The van der Waals surface area contributed by atoms with Gasteiger partial charge in [0.15, 0.2) is 11.5 Å². The van der Waals surface area contributed by atoms with Gasteiger partial charge in [-0.15, -0.1) is 0 Å². The molecule has 1 saturated carbocycles. The van der Waals surface area contributed by atoms with E-state index >= 15 is 0 Å². The van der Waals surface area contributed by atoms with E-state index in [-0.39, 0.29) is 12.0 Å². The fourth-order valence-corrected chi connectivity index (χ4v) is 3.60. The highest BCUT2D eigenvalue weighted by Gasteiger charge is 2.34. The molecule has 5 N–H and O–H groups in total. The summed E-state index contributed by atoms with van der Waals surface area (Å²) in [6.45, 7) is 0.721. The molecule has 0 spiro atoms. The molecule has 0 aromatic carbocycles. The third kappa shape index (κ3) is 3.29. The maximum Gasteiger partial charge on any atom is 0.243 e. The van der Waals surface area contributed by atoms with Crippen molar-refractivity contribution in [2.45, 2.75) is 25.3 Å². The topological polar surface area (TPSA) is 140 Å². The average molecular weight is 362 g/mol. The second kappa shape index (κ2) is 6.99. The van der Waals surface area contributed by atoms with Gasteiger partial charge in [-0.3, -0.25) is 0 Å². The van der Waals surface area contributed by atoms with Crippen molar-refractivity contribution >= 4 is 29.4 Å². The van der Waals surface area contributed by atoms with Crippen LogP contribution in [0.15, 0.2) is 24.7 Å². The van der Waals surface area contributed by atoms with E-state index in [1.54, 1.807) is 17.0 Å². The second-order valence-electron chi connectivity index (χ2n) is 6.67. The monoisotopic (exact) mass is 362 g/mol. The molecule has 2 aromatic heterocycles. The molecule has 2 aromatic rings. The van der Waals surface area contributed by atoms with E-state index in [9.17, 15) is 0 Å². The maximum absolute atomic E-state index is 8.80. The van der Waals surface area contributed by atoms with Gasteiger partial charge in [0.1, 0.15) is 23.8 Å². The van der Waals surface area contributed by atoms with E-state index in [2.05, 4.69) is 25.6 Å². The molecule has 9 nitrogen and oxygen atoms in total. The zero-order valence-corrected chi connectivity index (χ0v) is 14.7. The van der Waals surface area contributed by atoms with Crippen molar-refractivity contribution in [1.82, 2.24) is 15.0 Å². The zero-order chi connectivity index (χ0) is 18.8. The number of nitrogens with two attached hydrogens (primary N) is 1. The minimum absolute atomic E-state index is 0.0861. The van der Waals surface area contributed by atoms with Crippen LogP contribution in [-0.4, -0.2) is 33.4 Å². The largest absolute Gasteiger partial charge is 0.366 e. The Hall–Kier alpha value is -3.54. The molecular formula is C18H20N9+. The summed E-state index contributed by atoms with van der Waals surface area (Å²) in [5.74, 6) is 2.42. The van der Waals surface area contributed by atoms with Crippen LogP contribution in [0.1, 0.15) is 30.7 Å². The molecule has 2 atom stereocenters. The Morgan fingerprint density at radius 2 is 2.19 bits per heavy atom. The van der Waals surface area contributed by atoms with E-state index in [1.165, 1.54) is 6.20 Å². The molecule has 136 valence electrons. The van der Waals surface area contributed by atoms with Gasteiger partial charge >= 0.3 is 0 Å². The van der Waals surface area contributed by atoms with Gasteiger partial charge in [0.25, 0.3) is 0 Å². The molecule has 0 radical (unpaired) electrons. The smallest absolute Gasteiger partial charge is 0.243 e. The van der Waals surface area contributed by atoms with Gasteiger partial charge in [-0.25, -0.2) is 15.0 Å². The van der Waals surface area contributed by atoms with Crippen LogP contribution in [0.2, 0.25) is 0 Å². The average Bonchev–Trinajstić information content (AvgIpc) is 3.16. The third-order valence-corrected chi connectivity index (χ3v) is 4.91. The number of hydrogen-bond acceptors (Lipinski definition) is 8. The van der Waals surface area contributed by atoms with Gasteiger partial charge in [0.2, 0.25) is 11.7 Å². The normalized spacial score (nSPS) is 20.4. The molecule has 9 heteroatoms. The van der Waals surface area contributed by atoms with Crippen LogP contribution in [-0.2, 0) is 0 Å². The number of nitrogens with one attached hydrogen (secondary N) is 3. The molecule has 27 heavy (non-hydrogen) atoms. The summed E-state index contributed by atoms with van der Waals surface area (Å²) in [7, 11) is 0. The first-order valence-corrected chi connectivity index (χ1v) is 8.84. The third-order valence-electron chi connectivity index (χ3n) is 4.91. The SMILES string of the molecule is N#Cc1cnc(N[C@H]2CC[C@@H](C(=N)[n+]3c(N)cnc4c3C=CCN4)C2)cn1. The Balaban J connectivity index is 1.49. The van der Waals surface area contributed by atoms with E-state index in [0.717, 1.165) is 37.3 Å². The number of anilines is 3. The summed E-state index contributed by atoms with van der Waals surface area (Å²) >= 11 is 0. The molecule has 4 rings (SSSR count). The van der Waals surface area contributed by atoms with Gasteiger partial charge in [0, 0.05) is 12.6 Å². The molecular weight excluding hydrogens is 342 g/mol. The number of nitrogen functional groups attached to an aromatic ring is 1. The number of nitrogens with zero attached hydrogens (tertiary/aromatic N) is 5. The molecule has 3 heterocycles. The highest BCUT2D eigenvalue weighted by molar-refractivity contribution is 5.77. The van der Waals surface area contributed by atoms with Crippen LogP contribution in [0.4, 0.5) is 17.5 Å². The van der Waals surface area contributed by atoms with Crippen molar-refractivity contribution in [3.8, 4) is 6.07 Å². The van der Waals surface area contributed by atoms with Gasteiger partial charge in [0.05, 0.1) is 18.3 Å². The number of aromatic nitrogens is 4. The summed E-state index contributed by atoms with van der Waals surface area (Å²) < 4.78 is 1.78. The summed E-state index contributed by atoms with van der Waals surface area (Å²) in [5, 5.41) is 24.1. The van der Waals surface area contributed by atoms with E-state index in [0.29, 0.717) is 23.2 Å². The van der Waals surface area contributed by atoms with Crippen molar-refractivity contribution in [1.29, 1.82) is 10.7 Å². The molecule has 1 aliphatic heterocycles. The van der Waals surface area contributed by atoms with Crippen molar-refractivity contribution < 1.29 is 4.57 Å². The Kier molecular flexibility index (Phi) is 4.38. The van der Waals surface area contributed by atoms with Gasteiger partial charge in [-0.1, -0.05) is 6.08 Å². The van der Waals surface area contributed by atoms with Crippen molar-refractivity contribution in [3.63, 3.8) is 0 Å². The first-order valence-electron chi connectivity index (χ1n) is 8.84.